The van der Waals surface area contributed by atoms with Crippen LogP contribution in [0.15, 0.2) is 53.3 Å². The molecule has 3 rings (SSSR count). The van der Waals surface area contributed by atoms with Crippen molar-refractivity contribution in [2.24, 2.45) is 0 Å². The normalized spacial score (nSPS) is 12.5. The van der Waals surface area contributed by atoms with Gasteiger partial charge in [0.15, 0.2) is 0 Å². The lowest BCUT2D eigenvalue weighted by atomic mass is 10.1. The summed E-state index contributed by atoms with van der Waals surface area (Å²) < 4.78 is 8.58. The van der Waals surface area contributed by atoms with Gasteiger partial charge in [0.05, 0.1) is 11.0 Å². The zero-order valence-electron chi connectivity index (χ0n) is 12.2. The minimum absolute atomic E-state index is 0.231. The van der Waals surface area contributed by atoms with Crippen molar-refractivity contribution in [3.05, 3.63) is 59.1 Å². The smallest absolute Gasteiger partial charge is 0.134 e. The Balaban J connectivity index is 1.68. The van der Waals surface area contributed by atoms with Gasteiger partial charge in [-0.15, -0.1) is 0 Å². The lowest BCUT2D eigenvalue weighted by Crippen LogP contribution is -2.23. The number of benzene rings is 2. The average molecular weight is 361 g/mol. The van der Waals surface area contributed by atoms with E-state index in [1.807, 2.05) is 48.0 Å². The number of nitrogens with zero attached hydrogens (tertiary/aromatic N) is 2. The molecule has 1 heterocycles. The van der Waals surface area contributed by atoms with Crippen LogP contribution in [0.1, 0.15) is 5.82 Å². The summed E-state index contributed by atoms with van der Waals surface area (Å²) in [6.45, 7) is 2.61. The number of imidazole rings is 1. The molecule has 3 aromatic rings. The predicted octanol–water partition coefficient (Wildman–Crippen LogP) is 3.55. The van der Waals surface area contributed by atoms with Crippen molar-refractivity contribution in [3.8, 4) is 5.75 Å². The van der Waals surface area contributed by atoms with E-state index in [1.165, 1.54) is 0 Å². The highest BCUT2D eigenvalue weighted by molar-refractivity contribution is 9.10. The van der Waals surface area contributed by atoms with Crippen LogP contribution in [-0.4, -0.2) is 27.4 Å². The van der Waals surface area contributed by atoms with E-state index in [1.54, 1.807) is 6.20 Å². The van der Waals surface area contributed by atoms with Gasteiger partial charge in [-0.1, -0.05) is 30.3 Å². The van der Waals surface area contributed by atoms with E-state index >= 15 is 0 Å². The maximum Gasteiger partial charge on any atom is 0.134 e. The molecule has 0 aliphatic heterocycles. The van der Waals surface area contributed by atoms with Gasteiger partial charge in [0, 0.05) is 12.4 Å². The Morgan fingerprint density at radius 1 is 1.27 bits per heavy atom. The number of fused-ring (bicyclic) bond motifs is 1. The molecule has 0 unspecified atom stereocenters. The van der Waals surface area contributed by atoms with Crippen LogP contribution in [-0.2, 0) is 6.54 Å². The molecular weight excluding hydrogens is 344 g/mol. The Morgan fingerprint density at radius 2 is 2.09 bits per heavy atom. The highest BCUT2D eigenvalue weighted by Gasteiger charge is 2.11. The Kier molecular flexibility index (Phi) is 4.45. The van der Waals surface area contributed by atoms with Crippen LogP contribution in [0.4, 0.5) is 0 Å². The topological polar surface area (TPSA) is 47.3 Å². The van der Waals surface area contributed by atoms with Gasteiger partial charge < -0.3 is 14.4 Å². The van der Waals surface area contributed by atoms with Gasteiger partial charge in [0.1, 0.15) is 24.3 Å². The Bertz CT molecular complexity index is 785. The molecular formula is C17H17BrN2O2. The third kappa shape index (κ3) is 3.15. The zero-order chi connectivity index (χ0) is 15.5. The van der Waals surface area contributed by atoms with Crippen LogP contribution in [0, 0.1) is 6.92 Å². The van der Waals surface area contributed by atoms with E-state index in [0.717, 1.165) is 26.8 Å². The molecule has 4 nitrogen and oxygen atoms in total. The first-order chi connectivity index (χ1) is 10.6. The third-order valence-electron chi connectivity index (χ3n) is 3.59. The zero-order valence-corrected chi connectivity index (χ0v) is 13.8. The fourth-order valence-corrected chi connectivity index (χ4v) is 3.00. The molecule has 1 aromatic heterocycles. The fourth-order valence-electron chi connectivity index (χ4n) is 2.39. The van der Waals surface area contributed by atoms with Crippen LogP contribution in [0.5, 0.6) is 5.75 Å². The van der Waals surface area contributed by atoms with Gasteiger partial charge in [0.25, 0.3) is 0 Å². The first kappa shape index (κ1) is 15.1. The van der Waals surface area contributed by atoms with Crippen molar-refractivity contribution in [2.75, 3.05) is 6.61 Å². The minimum atomic E-state index is -0.591. The van der Waals surface area contributed by atoms with Crippen molar-refractivity contribution < 1.29 is 9.84 Å². The summed E-state index contributed by atoms with van der Waals surface area (Å²) in [6.07, 6.45) is 2.99. The standard InChI is InChI=1S/C17H17BrN2O2/c1-12-19-8-9-20(12)10-14(21)11-22-16-7-6-13-4-2-3-5-15(13)17(16)18/h2-9,14,21H,10-11H2,1H3/t14-/m0/s1. The SMILES string of the molecule is Cc1nccn1C[C@H](O)COc1ccc2ccccc2c1Br. The van der Waals surface area contributed by atoms with Gasteiger partial charge >= 0.3 is 0 Å². The second-order valence-corrected chi connectivity index (χ2v) is 5.98. The molecule has 0 amide bonds. The van der Waals surface area contributed by atoms with Crippen LogP contribution in [0.25, 0.3) is 10.8 Å². The Hall–Kier alpha value is -1.85. The summed E-state index contributed by atoms with van der Waals surface area (Å²) in [6, 6.07) is 12.0. The number of hydrogen-bond acceptors (Lipinski definition) is 3. The van der Waals surface area contributed by atoms with E-state index in [2.05, 4.69) is 27.0 Å². The quantitative estimate of drug-likeness (QED) is 0.756. The molecule has 1 atom stereocenters. The maximum absolute atomic E-state index is 10.1. The lowest BCUT2D eigenvalue weighted by molar-refractivity contribution is 0.0917. The highest BCUT2D eigenvalue weighted by atomic mass is 79.9. The number of hydrogen-bond donors (Lipinski definition) is 1. The molecule has 5 heteroatoms. The molecule has 0 spiro atoms. The van der Waals surface area contributed by atoms with Crippen LogP contribution >= 0.6 is 15.9 Å². The number of rotatable bonds is 5. The second kappa shape index (κ2) is 6.50. The largest absolute Gasteiger partial charge is 0.490 e. The number of aryl methyl sites for hydroxylation is 1. The van der Waals surface area contributed by atoms with Gasteiger partial charge in [-0.2, -0.15) is 0 Å². The summed E-state index contributed by atoms with van der Waals surface area (Å²) in [5.41, 5.74) is 0. The Morgan fingerprint density at radius 3 is 2.86 bits per heavy atom. The predicted molar refractivity (Wildman–Crippen MR) is 90.1 cm³/mol. The van der Waals surface area contributed by atoms with Crippen molar-refractivity contribution >= 4 is 26.7 Å². The van der Waals surface area contributed by atoms with E-state index < -0.39 is 6.10 Å². The molecule has 1 N–H and O–H groups in total. The molecule has 22 heavy (non-hydrogen) atoms. The summed E-state index contributed by atoms with van der Waals surface area (Å²) in [4.78, 5) is 4.14. The number of ether oxygens (including phenoxy) is 1. The summed E-state index contributed by atoms with van der Waals surface area (Å²) in [7, 11) is 0. The van der Waals surface area contributed by atoms with E-state index in [0.29, 0.717) is 6.54 Å². The van der Waals surface area contributed by atoms with Gasteiger partial charge in [0.2, 0.25) is 0 Å². The van der Waals surface area contributed by atoms with Crippen LogP contribution < -0.4 is 4.74 Å². The number of halogens is 1. The average Bonchev–Trinajstić information content (AvgIpc) is 2.92. The molecule has 0 aliphatic rings. The first-order valence-electron chi connectivity index (χ1n) is 7.11. The van der Waals surface area contributed by atoms with Crippen LogP contribution in [0.2, 0.25) is 0 Å². The Labute approximate surface area is 137 Å². The van der Waals surface area contributed by atoms with Gasteiger partial charge in [-0.25, -0.2) is 4.98 Å². The molecule has 0 aliphatic carbocycles. The fraction of sp³-hybridized carbons (Fsp3) is 0.235. The summed E-state index contributed by atoms with van der Waals surface area (Å²) >= 11 is 3.58. The number of aromatic nitrogens is 2. The number of aliphatic hydroxyl groups excluding tert-OH is 1. The van der Waals surface area contributed by atoms with Gasteiger partial charge in [-0.05, 0) is 39.7 Å². The van der Waals surface area contributed by atoms with Crippen molar-refractivity contribution in [3.63, 3.8) is 0 Å². The number of aliphatic hydroxyl groups is 1. The van der Waals surface area contributed by atoms with E-state index in [4.69, 9.17) is 4.74 Å². The van der Waals surface area contributed by atoms with Crippen molar-refractivity contribution in [1.29, 1.82) is 0 Å². The highest BCUT2D eigenvalue weighted by Crippen LogP contribution is 2.33. The summed E-state index contributed by atoms with van der Waals surface area (Å²) in [5.74, 6) is 1.62. The maximum atomic E-state index is 10.1. The van der Waals surface area contributed by atoms with E-state index in [9.17, 15) is 5.11 Å². The molecule has 0 bridgehead atoms. The molecule has 114 valence electrons. The monoisotopic (exact) mass is 360 g/mol. The van der Waals surface area contributed by atoms with Crippen molar-refractivity contribution in [2.45, 2.75) is 19.6 Å². The van der Waals surface area contributed by atoms with E-state index in [-0.39, 0.29) is 6.61 Å². The second-order valence-electron chi connectivity index (χ2n) is 5.19. The molecule has 0 fully saturated rings. The summed E-state index contributed by atoms with van der Waals surface area (Å²) in [5, 5.41) is 12.4. The first-order valence-corrected chi connectivity index (χ1v) is 7.90. The van der Waals surface area contributed by atoms with Crippen molar-refractivity contribution in [1.82, 2.24) is 9.55 Å². The minimum Gasteiger partial charge on any atom is -0.490 e. The molecule has 2 aromatic carbocycles. The lowest BCUT2D eigenvalue weighted by Gasteiger charge is -2.15. The van der Waals surface area contributed by atoms with Gasteiger partial charge in [-0.3, -0.25) is 0 Å². The molecule has 0 saturated heterocycles. The molecule has 0 saturated carbocycles. The van der Waals surface area contributed by atoms with Crippen LogP contribution in [0.3, 0.4) is 0 Å². The molecule has 0 radical (unpaired) electrons. The third-order valence-corrected chi connectivity index (χ3v) is 4.41.